The summed E-state index contributed by atoms with van der Waals surface area (Å²) in [6.45, 7) is 3.25. The number of nitrogens with one attached hydrogen (secondary N) is 1. The number of hydrogen-bond donors (Lipinski definition) is 1. The van der Waals surface area contributed by atoms with Gasteiger partial charge >= 0.3 is 6.36 Å². The molecule has 1 aromatic carbocycles. The fraction of sp³-hybridized carbons (Fsp3) is 0.500. The van der Waals surface area contributed by atoms with Crippen LogP contribution in [0, 0.1) is 0 Å². The second kappa shape index (κ2) is 5.16. The summed E-state index contributed by atoms with van der Waals surface area (Å²) < 4.78 is 45.3. The number of alkyl halides is 3. The van der Waals surface area contributed by atoms with Crippen LogP contribution in [-0.4, -0.2) is 25.6 Å². The van der Waals surface area contributed by atoms with Gasteiger partial charge < -0.3 is 14.8 Å². The van der Waals surface area contributed by atoms with E-state index in [0.29, 0.717) is 19.2 Å². The quantitative estimate of drug-likeness (QED) is 0.887. The minimum absolute atomic E-state index is 0.124. The molecule has 0 aliphatic carbocycles. The Balaban J connectivity index is 1.99. The molecule has 1 aliphatic rings. The first-order chi connectivity index (χ1) is 8.44. The van der Waals surface area contributed by atoms with E-state index in [-0.39, 0.29) is 11.9 Å². The Labute approximate surface area is 103 Å². The Bertz CT molecular complexity index is 383. The molecule has 1 saturated heterocycles. The molecule has 0 spiro atoms. The van der Waals surface area contributed by atoms with Gasteiger partial charge in [-0.15, -0.1) is 13.2 Å². The lowest BCUT2D eigenvalue weighted by molar-refractivity contribution is -0.274. The minimum Gasteiger partial charge on any atom is -0.406 e. The lowest BCUT2D eigenvalue weighted by Gasteiger charge is -2.28. The molecule has 0 radical (unpaired) electrons. The summed E-state index contributed by atoms with van der Waals surface area (Å²) in [5.74, 6) is -0.219. The lowest BCUT2D eigenvalue weighted by atomic mass is 10.1. The number of halogens is 3. The lowest BCUT2D eigenvalue weighted by Crippen LogP contribution is -2.40. The number of benzene rings is 1. The summed E-state index contributed by atoms with van der Waals surface area (Å²) in [6.07, 6.45) is -4.78. The van der Waals surface area contributed by atoms with E-state index >= 15 is 0 Å². The van der Waals surface area contributed by atoms with E-state index in [1.807, 2.05) is 6.92 Å². The smallest absolute Gasteiger partial charge is 0.406 e. The van der Waals surface area contributed by atoms with Gasteiger partial charge in [-0.3, -0.25) is 0 Å². The van der Waals surface area contributed by atoms with Gasteiger partial charge in [0.15, 0.2) is 0 Å². The maximum atomic E-state index is 12.0. The molecule has 0 saturated carbocycles. The van der Waals surface area contributed by atoms with Crippen molar-refractivity contribution in [3.63, 3.8) is 0 Å². The third-order valence-electron chi connectivity index (χ3n) is 2.68. The van der Waals surface area contributed by atoms with Gasteiger partial charge in [0, 0.05) is 12.6 Å². The van der Waals surface area contributed by atoms with Crippen LogP contribution >= 0.6 is 0 Å². The summed E-state index contributed by atoms with van der Waals surface area (Å²) in [6, 6.07) is 6.07. The third-order valence-corrected chi connectivity index (χ3v) is 2.68. The first-order valence-corrected chi connectivity index (χ1v) is 5.65. The Kier molecular flexibility index (Phi) is 3.77. The van der Waals surface area contributed by atoms with Crippen molar-refractivity contribution in [2.24, 2.45) is 0 Å². The van der Waals surface area contributed by atoms with Crippen LogP contribution in [0.25, 0.3) is 0 Å². The molecule has 100 valence electrons. The maximum absolute atomic E-state index is 12.0. The molecule has 0 bridgehead atoms. The van der Waals surface area contributed by atoms with Crippen LogP contribution in [0.3, 0.4) is 0 Å². The molecule has 1 N–H and O–H groups in total. The van der Waals surface area contributed by atoms with E-state index in [2.05, 4.69) is 10.1 Å². The van der Waals surface area contributed by atoms with Crippen LogP contribution in [0.2, 0.25) is 0 Å². The molecular weight excluding hydrogens is 247 g/mol. The Morgan fingerprint density at radius 1 is 1.28 bits per heavy atom. The normalized spacial score (nSPS) is 24.9. The van der Waals surface area contributed by atoms with E-state index in [4.69, 9.17) is 4.74 Å². The molecule has 0 aromatic heterocycles. The van der Waals surface area contributed by atoms with E-state index in [1.165, 1.54) is 12.1 Å². The second-order valence-corrected chi connectivity index (χ2v) is 4.25. The highest BCUT2D eigenvalue weighted by molar-refractivity contribution is 5.29. The Hall–Kier alpha value is -1.27. The van der Waals surface area contributed by atoms with Crippen LogP contribution in [0.15, 0.2) is 24.3 Å². The van der Waals surface area contributed by atoms with E-state index in [1.54, 1.807) is 12.1 Å². The fourth-order valence-electron chi connectivity index (χ4n) is 1.78. The van der Waals surface area contributed by atoms with Gasteiger partial charge in [0.25, 0.3) is 0 Å². The minimum atomic E-state index is -4.65. The van der Waals surface area contributed by atoms with Gasteiger partial charge in [0.2, 0.25) is 0 Å². The van der Waals surface area contributed by atoms with E-state index < -0.39 is 6.36 Å². The molecule has 2 unspecified atom stereocenters. The van der Waals surface area contributed by atoms with Gasteiger partial charge in [-0.2, -0.15) is 0 Å². The second-order valence-electron chi connectivity index (χ2n) is 4.25. The Morgan fingerprint density at radius 3 is 2.44 bits per heavy atom. The largest absolute Gasteiger partial charge is 0.573 e. The van der Waals surface area contributed by atoms with Crippen LogP contribution in [0.1, 0.15) is 18.6 Å². The van der Waals surface area contributed by atoms with Crippen LogP contribution in [-0.2, 0) is 4.74 Å². The molecule has 1 aliphatic heterocycles. The molecule has 6 heteroatoms. The van der Waals surface area contributed by atoms with Crippen molar-refractivity contribution in [3.05, 3.63) is 29.8 Å². The molecule has 1 heterocycles. The predicted octanol–water partition coefficient (Wildman–Crippen LogP) is 2.63. The van der Waals surface area contributed by atoms with Gasteiger partial charge in [-0.05, 0) is 24.6 Å². The molecular formula is C12H14F3NO2. The van der Waals surface area contributed by atoms with Crippen LogP contribution < -0.4 is 10.1 Å². The van der Waals surface area contributed by atoms with Crippen molar-refractivity contribution < 1.29 is 22.6 Å². The zero-order chi connectivity index (χ0) is 13.2. The van der Waals surface area contributed by atoms with Gasteiger partial charge in [-0.25, -0.2) is 0 Å². The molecule has 0 amide bonds. The molecule has 18 heavy (non-hydrogen) atoms. The van der Waals surface area contributed by atoms with Crippen molar-refractivity contribution in [2.45, 2.75) is 25.4 Å². The van der Waals surface area contributed by atoms with Gasteiger partial charge in [-0.1, -0.05) is 12.1 Å². The summed E-state index contributed by atoms with van der Waals surface area (Å²) in [5.41, 5.74) is 0.837. The fourth-order valence-corrected chi connectivity index (χ4v) is 1.78. The monoisotopic (exact) mass is 261 g/mol. The van der Waals surface area contributed by atoms with E-state index in [9.17, 15) is 13.2 Å². The first kappa shape index (κ1) is 13.2. The summed E-state index contributed by atoms with van der Waals surface area (Å²) in [4.78, 5) is 0. The zero-order valence-electron chi connectivity index (χ0n) is 9.83. The highest BCUT2D eigenvalue weighted by Crippen LogP contribution is 2.26. The first-order valence-electron chi connectivity index (χ1n) is 5.65. The van der Waals surface area contributed by atoms with Crippen molar-refractivity contribution in [1.82, 2.24) is 5.32 Å². The SMILES string of the molecule is CC1COC(c2ccc(OC(F)(F)F)cc2)CN1. The summed E-state index contributed by atoms with van der Waals surface area (Å²) >= 11 is 0. The highest BCUT2D eigenvalue weighted by Gasteiger charge is 2.31. The molecule has 1 aromatic rings. The topological polar surface area (TPSA) is 30.5 Å². The van der Waals surface area contributed by atoms with Crippen LogP contribution in [0.4, 0.5) is 13.2 Å². The van der Waals surface area contributed by atoms with Gasteiger partial charge in [0.05, 0.1) is 12.7 Å². The van der Waals surface area contributed by atoms with Crippen molar-refractivity contribution in [1.29, 1.82) is 0 Å². The average Bonchev–Trinajstić information content (AvgIpc) is 2.29. The number of rotatable bonds is 2. The molecule has 3 nitrogen and oxygen atoms in total. The highest BCUT2D eigenvalue weighted by atomic mass is 19.4. The van der Waals surface area contributed by atoms with Crippen molar-refractivity contribution >= 4 is 0 Å². The maximum Gasteiger partial charge on any atom is 0.573 e. The van der Waals surface area contributed by atoms with Crippen molar-refractivity contribution in [2.75, 3.05) is 13.2 Å². The van der Waals surface area contributed by atoms with Gasteiger partial charge in [0.1, 0.15) is 5.75 Å². The average molecular weight is 261 g/mol. The zero-order valence-corrected chi connectivity index (χ0v) is 9.83. The standard InChI is InChI=1S/C12H14F3NO2/c1-8-7-17-11(6-16-8)9-2-4-10(5-3-9)18-12(13,14)15/h2-5,8,11,16H,6-7H2,1H3. The number of ether oxygens (including phenoxy) is 2. The number of hydrogen-bond acceptors (Lipinski definition) is 3. The van der Waals surface area contributed by atoms with E-state index in [0.717, 1.165) is 5.56 Å². The summed E-state index contributed by atoms with van der Waals surface area (Å²) in [5, 5.41) is 3.25. The summed E-state index contributed by atoms with van der Waals surface area (Å²) in [7, 11) is 0. The third kappa shape index (κ3) is 3.61. The van der Waals surface area contributed by atoms with Crippen molar-refractivity contribution in [3.8, 4) is 5.75 Å². The Morgan fingerprint density at radius 2 is 1.94 bits per heavy atom. The molecule has 1 fully saturated rings. The molecule has 2 rings (SSSR count). The number of morpholine rings is 1. The molecule has 2 atom stereocenters. The predicted molar refractivity (Wildman–Crippen MR) is 59.3 cm³/mol. The van der Waals surface area contributed by atoms with Crippen LogP contribution in [0.5, 0.6) is 5.75 Å².